The number of benzene rings is 1. The highest BCUT2D eigenvalue weighted by Gasteiger charge is 2.30. The number of thiophene rings is 1. The molecule has 1 amide bonds. The normalized spacial score (nSPS) is 12.4. The minimum absolute atomic E-state index is 0.409. The number of rotatable bonds is 4. The second kappa shape index (κ2) is 6.17. The van der Waals surface area contributed by atoms with Crippen molar-refractivity contribution in [3.05, 3.63) is 46.5 Å². The van der Waals surface area contributed by atoms with E-state index in [1.165, 1.54) is 16.9 Å². The summed E-state index contributed by atoms with van der Waals surface area (Å²) in [5.41, 5.74) is 10.8. The van der Waals surface area contributed by atoms with Crippen LogP contribution in [0.3, 0.4) is 0 Å². The third kappa shape index (κ3) is 2.64. The van der Waals surface area contributed by atoms with Gasteiger partial charge in [-0.15, -0.1) is 0 Å². The van der Waals surface area contributed by atoms with E-state index >= 15 is 0 Å². The van der Waals surface area contributed by atoms with Gasteiger partial charge in [-0.2, -0.15) is 5.10 Å². The van der Waals surface area contributed by atoms with Gasteiger partial charge in [0, 0.05) is 32.9 Å². The Labute approximate surface area is 155 Å². The molecule has 6 nitrogen and oxygen atoms in total. The van der Waals surface area contributed by atoms with E-state index in [2.05, 4.69) is 5.10 Å². The molecule has 0 atom stereocenters. The van der Waals surface area contributed by atoms with Crippen LogP contribution in [0.25, 0.3) is 11.3 Å². The number of fused-ring (bicyclic) bond motifs is 3. The lowest BCUT2D eigenvalue weighted by molar-refractivity contribution is 0.100. The Morgan fingerprint density at radius 3 is 2.88 bits per heavy atom. The molecular weight excluding hydrogens is 348 g/mol. The molecule has 2 heterocycles. The average Bonchev–Trinajstić information content (AvgIpc) is 3.16. The number of primary amides is 1. The van der Waals surface area contributed by atoms with Gasteiger partial charge in [0.15, 0.2) is 5.06 Å². The average molecular weight is 368 g/mol. The van der Waals surface area contributed by atoms with Crippen molar-refractivity contribution in [3.63, 3.8) is 0 Å². The van der Waals surface area contributed by atoms with Gasteiger partial charge in [-0.3, -0.25) is 9.48 Å². The van der Waals surface area contributed by atoms with E-state index in [4.69, 9.17) is 10.5 Å². The molecule has 26 heavy (non-hydrogen) atoms. The van der Waals surface area contributed by atoms with Crippen LogP contribution >= 0.6 is 11.3 Å². The number of nitrogens with zero attached hydrogens (tertiary/aromatic N) is 3. The number of aryl methyl sites for hydroxylation is 2. The van der Waals surface area contributed by atoms with E-state index < -0.39 is 5.91 Å². The summed E-state index contributed by atoms with van der Waals surface area (Å²) in [5, 5.41) is 5.07. The summed E-state index contributed by atoms with van der Waals surface area (Å²) in [4.78, 5) is 14.6. The molecule has 3 aromatic rings. The largest absolute Gasteiger partial charge is 0.446 e. The van der Waals surface area contributed by atoms with Crippen molar-refractivity contribution in [2.75, 3.05) is 19.0 Å². The van der Waals surface area contributed by atoms with Crippen molar-refractivity contribution in [3.8, 4) is 22.1 Å². The summed E-state index contributed by atoms with van der Waals surface area (Å²) >= 11 is 1.32. The summed E-state index contributed by atoms with van der Waals surface area (Å²) in [7, 11) is 5.88. The first-order valence-corrected chi connectivity index (χ1v) is 9.19. The number of aromatic nitrogens is 2. The Morgan fingerprint density at radius 2 is 2.15 bits per heavy atom. The molecular formula is C19H20N4O2S. The number of ether oxygens (including phenoxy) is 1. The van der Waals surface area contributed by atoms with Crippen LogP contribution in [-0.4, -0.2) is 29.8 Å². The van der Waals surface area contributed by atoms with E-state index in [1.807, 2.05) is 61.2 Å². The van der Waals surface area contributed by atoms with Gasteiger partial charge >= 0.3 is 0 Å². The fourth-order valence-corrected chi connectivity index (χ4v) is 4.44. The molecule has 1 aliphatic carbocycles. The van der Waals surface area contributed by atoms with Crippen LogP contribution in [0.1, 0.15) is 20.8 Å². The molecule has 0 aliphatic heterocycles. The van der Waals surface area contributed by atoms with Crippen molar-refractivity contribution >= 4 is 22.9 Å². The van der Waals surface area contributed by atoms with E-state index in [1.54, 1.807) is 0 Å². The third-order valence-corrected chi connectivity index (χ3v) is 5.76. The highest BCUT2D eigenvalue weighted by atomic mass is 32.1. The first kappa shape index (κ1) is 16.7. The van der Waals surface area contributed by atoms with Crippen LogP contribution in [0, 0.1) is 0 Å². The van der Waals surface area contributed by atoms with Crippen LogP contribution in [0.5, 0.6) is 10.8 Å². The maximum atomic E-state index is 12.0. The molecule has 0 saturated carbocycles. The van der Waals surface area contributed by atoms with Gasteiger partial charge in [0.05, 0.1) is 22.3 Å². The Hall–Kier alpha value is -2.80. The zero-order valence-corrected chi connectivity index (χ0v) is 15.8. The lowest BCUT2D eigenvalue weighted by Gasteiger charge is -2.17. The van der Waals surface area contributed by atoms with Crippen LogP contribution in [-0.2, 0) is 19.9 Å². The molecule has 4 rings (SSSR count). The summed E-state index contributed by atoms with van der Waals surface area (Å²) in [6.07, 6.45) is 3.50. The maximum absolute atomic E-state index is 12.0. The van der Waals surface area contributed by atoms with Gasteiger partial charge in [0.2, 0.25) is 0 Å². The van der Waals surface area contributed by atoms with E-state index in [0.29, 0.717) is 9.94 Å². The lowest BCUT2D eigenvalue weighted by atomic mass is 9.91. The van der Waals surface area contributed by atoms with Crippen molar-refractivity contribution in [2.24, 2.45) is 12.8 Å². The highest BCUT2D eigenvalue weighted by molar-refractivity contribution is 7.16. The highest BCUT2D eigenvalue weighted by Crippen LogP contribution is 2.48. The summed E-state index contributed by atoms with van der Waals surface area (Å²) in [6.45, 7) is 0. The van der Waals surface area contributed by atoms with Gasteiger partial charge in [-0.25, -0.2) is 0 Å². The topological polar surface area (TPSA) is 73.4 Å². The number of amides is 1. The number of hydrogen-bond donors (Lipinski definition) is 1. The molecule has 0 bridgehead atoms. The molecule has 7 heteroatoms. The number of nitrogens with two attached hydrogens (primary N) is 1. The van der Waals surface area contributed by atoms with Crippen LogP contribution < -0.4 is 15.4 Å². The molecule has 0 spiro atoms. The molecule has 0 unspecified atom stereocenters. The number of carbonyl (C=O) groups is 1. The zero-order chi connectivity index (χ0) is 18.4. The fourth-order valence-electron chi connectivity index (χ4n) is 3.37. The Morgan fingerprint density at radius 1 is 1.35 bits per heavy atom. The molecule has 0 radical (unpaired) electrons. The zero-order valence-electron chi connectivity index (χ0n) is 14.9. The fraction of sp³-hybridized carbons (Fsp3) is 0.263. The third-order valence-electron chi connectivity index (χ3n) is 4.64. The first-order valence-electron chi connectivity index (χ1n) is 8.37. The van der Waals surface area contributed by atoms with Gasteiger partial charge < -0.3 is 15.4 Å². The van der Waals surface area contributed by atoms with E-state index in [0.717, 1.165) is 41.1 Å². The maximum Gasteiger partial charge on any atom is 0.259 e. The van der Waals surface area contributed by atoms with Crippen molar-refractivity contribution in [1.29, 1.82) is 0 Å². The van der Waals surface area contributed by atoms with Gasteiger partial charge in [0.1, 0.15) is 5.75 Å². The van der Waals surface area contributed by atoms with Crippen molar-refractivity contribution in [1.82, 2.24) is 9.78 Å². The molecule has 0 saturated heterocycles. The minimum Gasteiger partial charge on any atom is -0.446 e. The van der Waals surface area contributed by atoms with E-state index in [9.17, 15) is 4.79 Å². The van der Waals surface area contributed by atoms with Gasteiger partial charge in [-0.1, -0.05) is 17.4 Å². The summed E-state index contributed by atoms with van der Waals surface area (Å²) < 4.78 is 8.06. The predicted molar refractivity (Wildman–Crippen MR) is 103 cm³/mol. The predicted octanol–water partition coefficient (Wildman–Crippen LogP) is 3.20. The Kier molecular flexibility index (Phi) is 3.96. The second-order valence-corrected chi connectivity index (χ2v) is 7.56. The molecule has 0 fully saturated rings. The van der Waals surface area contributed by atoms with E-state index in [-0.39, 0.29) is 0 Å². The Balaban J connectivity index is 1.84. The quantitative estimate of drug-likeness (QED) is 0.767. The molecule has 2 N–H and O–H groups in total. The monoisotopic (exact) mass is 368 g/mol. The first-order chi connectivity index (χ1) is 12.5. The summed E-state index contributed by atoms with van der Waals surface area (Å²) in [5.74, 6) is 0.319. The van der Waals surface area contributed by atoms with Crippen molar-refractivity contribution < 1.29 is 9.53 Å². The molecule has 1 aliphatic rings. The van der Waals surface area contributed by atoms with Gasteiger partial charge in [-0.05, 0) is 36.1 Å². The molecule has 134 valence electrons. The smallest absolute Gasteiger partial charge is 0.259 e. The SMILES string of the molecule is CN(C)c1cccc(Oc2sc(C(N)=O)c3c2-c2c(cnn2C)CC3)c1. The van der Waals surface area contributed by atoms with Crippen LogP contribution in [0.4, 0.5) is 5.69 Å². The molecule has 1 aromatic carbocycles. The second-order valence-electron chi connectivity index (χ2n) is 6.57. The minimum atomic E-state index is -0.409. The number of anilines is 1. The number of hydrogen-bond acceptors (Lipinski definition) is 5. The summed E-state index contributed by atoms with van der Waals surface area (Å²) in [6, 6.07) is 7.86. The standard InChI is InChI=1S/C19H20N4O2S/c1-22(2)12-5-4-6-13(9-12)25-19-15-14(17(26-19)18(20)24)8-7-11-10-21-23(3)16(11)15/h4-6,9-10H,7-8H2,1-3H3,(H2,20,24). The number of carbonyl (C=O) groups excluding carboxylic acids is 1. The Bertz CT molecular complexity index is 1000. The van der Waals surface area contributed by atoms with Crippen LogP contribution in [0.15, 0.2) is 30.5 Å². The lowest BCUT2D eigenvalue weighted by Crippen LogP contribution is -2.13. The van der Waals surface area contributed by atoms with Gasteiger partial charge in [0.25, 0.3) is 5.91 Å². The molecule has 2 aromatic heterocycles. The van der Waals surface area contributed by atoms with Crippen molar-refractivity contribution in [2.45, 2.75) is 12.8 Å². The van der Waals surface area contributed by atoms with Crippen LogP contribution in [0.2, 0.25) is 0 Å².